The molecule has 0 aliphatic rings. The van der Waals surface area contributed by atoms with Gasteiger partial charge in [0.1, 0.15) is 0 Å². The molecule has 0 amide bonds. The zero-order chi connectivity index (χ0) is 52.3. The molecule has 0 bridgehead atoms. The average molecular weight is 1050 g/mol. The fourth-order valence-electron chi connectivity index (χ4n) is 10.6. The molecular formula is C68H86Ge2. The minimum absolute atomic E-state index is 0.0867. The van der Waals surface area contributed by atoms with Gasteiger partial charge in [-0.15, -0.1) is 0 Å². The molecular weight excluding hydrogens is 962 g/mol. The van der Waals surface area contributed by atoms with Crippen molar-refractivity contribution < 1.29 is 0 Å². The van der Waals surface area contributed by atoms with Gasteiger partial charge >= 0.3 is 439 Å². The summed E-state index contributed by atoms with van der Waals surface area (Å²) in [6, 6.07) is 33.0. The second-order valence-electron chi connectivity index (χ2n) is 24.9. The van der Waals surface area contributed by atoms with Crippen molar-refractivity contribution in [2.75, 3.05) is 0 Å². The van der Waals surface area contributed by atoms with Crippen molar-refractivity contribution in [3.05, 3.63) is 185 Å². The van der Waals surface area contributed by atoms with Crippen LogP contribution in [0.5, 0.6) is 0 Å². The predicted octanol–water partition coefficient (Wildman–Crippen LogP) is 14.1. The third kappa shape index (κ3) is 10.7. The van der Waals surface area contributed by atoms with Crippen LogP contribution in [-0.4, -0.2) is 36.5 Å². The van der Waals surface area contributed by atoms with Crippen molar-refractivity contribution in [3.63, 3.8) is 0 Å². The summed E-state index contributed by atoms with van der Waals surface area (Å²) < 4.78 is 8.94. The van der Waals surface area contributed by atoms with E-state index in [9.17, 15) is 0 Å². The first-order valence-corrected chi connectivity index (χ1v) is 32.2. The second-order valence-corrected chi connectivity index (χ2v) is 34.4. The van der Waals surface area contributed by atoms with E-state index >= 15 is 0 Å². The van der Waals surface area contributed by atoms with Crippen LogP contribution in [0.1, 0.15) is 183 Å². The van der Waals surface area contributed by atoms with Crippen LogP contribution in [0, 0.1) is 94.9 Å². The van der Waals surface area contributed by atoms with Crippen molar-refractivity contribution in [2.24, 2.45) is 0 Å². The van der Waals surface area contributed by atoms with Crippen LogP contribution in [0.3, 0.4) is 0 Å². The zero-order valence-electron chi connectivity index (χ0n) is 48.1. The Morgan fingerprint density at radius 3 is 0.686 bits per heavy atom. The van der Waals surface area contributed by atoms with E-state index < -0.39 is 27.8 Å². The number of hydrogen-bond acceptors (Lipinski definition) is 0. The molecule has 2 heteroatoms. The molecule has 6 rings (SSSR count). The summed E-state index contributed by atoms with van der Waals surface area (Å²) in [6.07, 6.45) is 0. The molecule has 0 spiro atoms. The Labute approximate surface area is 435 Å². The molecule has 0 nitrogen and oxygen atoms in total. The molecule has 0 unspecified atom stereocenters. The van der Waals surface area contributed by atoms with Crippen molar-refractivity contribution in [3.8, 4) is 11.8 Å². The Kier molecular flexibility index (Phi) is 16.0. The monoisotopic (exact) mass is 1050 g/mol. The van der Waals surface area contributed by atoms with Gasteiger partial charge in [-0.05, 0) is 0 Å². The maximum absolute atomic E-state index is 4.38. The molecule has 0 aliphatic carbocycles. The molecule has 0 heterocycles. The van der Waals surface area contributed by atoms with E-state index in [-0.39, 0.29) is 21.7 Å². The molecule has 6 aromatic rings. The molecule has 0 saturated heterocycles. The Morgan fingerprint density at radius 1 is 0.300 bits per heavy atom. The van der Waals surface area contributed by atoms with E-state index in [2.05, 4.69) is 263 Å². The fourth-order valence-corrected chi connectivity index (χ4v) is 27.2. The molecule has 0 radical (unpaired) electrons. The molecule has 0 aliphatic heterocycles. The Hall–Kier alpha value is -4.29. The third-order valence-electron chi connectivity index (χ3n) is 15.8. The summed E-state index contributed by atoms with van der Waals surface area (Å²) in [5.41, 5.74) is 24.9. The number of aryl methyl sites for hydroxylation is 4. The van der Waals surface area contributed by atoms with Gasteiger partial charge in [0.05, 0.1) is 0 Å². The van der Waals surface area contributed by atoms with E-state index in [1.54, 1.807) is 17.6 Å². The van der Waals surface area contributed by atoms with Crippen LogP contribution >= 0.6 is 0 Å². The molecule has 0 fully saturated rings. The van der Waals surface area contributed by atoms with Gasteiger partial charge in [0, 0.05) is 0 Å². The van der Waals surface area contributed by atoms with Gasteiger partial charge in [-0.3, -0.25) is 0 Å². The van der Waals surface area contributed by atoms with E-state index in [0.29, 0.717) is 0 Å². The first-order chi connectivity index (χ1) is 32.3. The van der Waals surface area contributed by atoms with Crippen molar-refractivity contribution >= 4 is 54.1 Å². The second kappa shape index (κ2) is 20.3. The molecule has 366 valence electrons. The van der Waals surface area contributed by atoms with Crippen LogP contribution in [0.25, 0.3) is 0 Å². The summed E-state index contributed by atoms with van der Waals surface area (Å²) >= 11 is -5.83. The quantitative estimate of drug-likeness (QED) is 0.115. The van der Waals surface area contributed by atoms with E-state index in [4.69, 9.17) is 0 Å². The van der Waals surface area contributed by atoms with Crippen LogP contribution in [-0.2, 0) is 21.7 Å². The van der Waals surface area contributed by atoms with Crippen LogP contribution in [0.4, 0.5) is 0 Å². The average Bonchev–Trinajstić information content (AvgIpc) is 3.27. The van der Waals surface area contributed by atoms with Crippen LogP contribution in [0.15, 0.2) is 84.9 Å². The van der Waals surface area contributed by atoms with Crippen molar-refractivity contribution in [2.45, 2.75) is 188 Å². The standard InChI is InChI=1S/C68H86Ge2/c1-41-37-55(65(13,14)15)61(49(9)45(41)5)69(62-50(10)46(6)42(2)38-56(62)66(16,17)18)59(53-31-27-25-28-32-53)35-36-60(54-33-29-26-30-34-54)70(63-51(11)47(7)43(3)39-57(63)67(19,20)21)64-52(12)48(8)44(4)40-58(64)68(22,23)24/h25-34,37-40H,1-24H3. The minimum atomic E-state index is -2.92. The van der Waals surface area contributed by atoms with Gasteiger partial charge < -0.3 is 0 Å². The van der Waals surface area contributed by atoms with E-state index in [0.717, 1.165) is 0 Å². The first kappa shape index (κ1) is 55.0. The summed E-state index contributed by atoms with van der Waals surface area (Å²) in [6.45, 7) is 57.6. The summed E-state index contributed by atoms with van der Waals surface area (Å²) in [5, 5.41) is 0. The van der Waals surface area contributed by atoms with Crippen LogP contribution < -0.4 is 17.6 Å². The number of rotatable bonds is 6. The van der Waals surface area contributed by atoms with Gasteiger partial charge in [0.25, 0.3) is 0 Å². The molecule has 0 atom stereocenters. The number of hydrogen-bond donors (Lipinski definition) is 0. The first-order valence-electron chi connectivity index (χ1n) is 25.9. The zero-order valence-corrected chi connectivity index (χ0v) is 52.3. The molecule has 6 aromatic carbocycles. The van der Waals surface area contributed by atoms with Crippen LogP contribution in [0.2, 0.25) is 0 Å². The summed E-state index contributed by atoms with van der Waals surface area (Å²) in [5.74, 6) is 8.77. The summed E-state index contributed by atoms with van der Waals surface area (Å²) in [7, 11) is 0. The van der Waals surface area contributed by atoms with Gasteiger partial charge in [-0.25, -0.2) is 0 Å². The molecule has 0 aromatic heterocycles. The Morgan fingerprint density at radius 2 is 0.500 bits per heavy atom. The topological polar surface area (TPSA) is 0 Å². The predicted molar refractivity (Wildman–Crippen MR) is 316 cm³/mol. The molecule has 0 N–H and O–H groups in total. The fraction of sp³-hybridized carbons (Fsp3) is 0.412. The van der Waals surface area contributed by atoms with Gasteiger partial charge in [0.15, 0.2) is 0 Å². The van der Waals surface area contributed by atoms with Crippen molar-refractivity contribution in [1.29, 1.82) is 0 Å². The van der Waals surface area contributed by atoms with Gasteiger partial charge in [0.2, 0.25) is 0 Å². The van der Waals surface area contributed by atoms with Gasteiger partial charge in [-0.2, -0.15) is 0 Å². The van der Waals surface area contributed by atoms with E-state index in [1.165, 1.54) is 109 Å². The summed E-state index contributed by atoms with van der Waals surface area (Å²) in [4.78, 5) is 0. The molecule has 0 saturated carbocycles. The molecule has 70 heavy (non-hydrogen) atoms. The number of benzene rings is 6. The van der Waals surface area contributed by atoms with E-state index in [1.807, 2.05) is 0 Å². The Balaban J connectivity index is 2.09. The Bertz CT molecular complexity index is 2780. The normalized spacial score (nSPS) is 12.2. The third-order valence-corrected chi connectivity index (χ3v) is 29.2. The SMILES string of the molecule is Cc1cc(C(C)(C)C)[c]([Ge](=[C](C#C[C](c2ccccc2)=[Ge]([c]2c(C(C)(C)C)cc(C)c(C)c2C)[c]2c(C(C)(C)C)cc(C)c(C)c2C)c2ccccc2)[c]2c(C(C)(C)C)cc(C)c(C)c2C)c(C)c1C. The maximum atomic E-state index is 4.38. The van der Waals surface area contributed by atoms with Gasteiger partial charge in [-0.1, -0.05) is 0 Å². The van der Waals surface area contributed by atoms with Crippen molar-refractivity contribution in [1.82, 2.24) is 0 Å².